The van der Waals surface area contributed by atoms with Crippen LogP contribution in [0.1, 0.15) is 35.6 Å². The first kappa shape index (κ1) is 38.5. The second-order valence-corrected chi connectivity index (χ2v) is 17.4. The molecule has 2 aliphatic heterocycles. The number of fused-ring (bicyclic) bond motifs is 1. The maximum atomic E-state index is 11.8. The van der Waals surface area contributed by atoms with E-state index in [0.29, 0.717) is 41.5 Å². The van der Waals surface area contributed by atoms with E-state index in [1.165, 1.54) is 23.9 Å². The van der Waals surface area contributed by atoms with Gasteiger partial charge in [-0.3, -0.25) is 9.56 Å². The number of nitrogens with one attached hydrogen (secondary N) is 1. The van der Waals surface area contributed by atoms with Gasteiger partial charge in [0.1, 0.15) is 0 Å². The smallest absolute Gasteiger partial charge is 0.294 e. The molecule has 3 aromatic rings. The third-order valence-electron chi connectivity index (χ3n) is 8.97. The summed E-state index contributed by atoms with van der Waals surface area (Å²) in [4.78, 5) is 0.631. The lowest BCUT2D eigenvalue weighted by Crippen LogP contribution is -2.40. The number of anilines is 2. The Labute approximate surface area is 305 Å². The maximum Gasteiger partial charge on any atom is 0.294 e. The van der Waals surface area contributed by atoms with Crippen molar-refractivity contribution < 1.29 is 33.4 Å². The SMILES string of the molecule is N#Cc1ccc(C2=NN(c3ccc(S(=O)(=O)O)cc3)[C@@H](c3ccc4c(c3)SCC(CO)(CO)CSCCCSCC(CO)(CO)CN4)C2)cc1. The van der Waals surface area contributed by atoms with E-state index < -0.39 is 20.9 Å². The summed E-state index contributed by atoms with van der Waals surface area (Å²) in [5.74, 6) is 3.36. The third kappa shape index (κ3) is 9.17. The molecule has 6 N–H and O–H groups in total. The first-order valence-electron chi connectivity index (χ1n) is 16.1. The molecule has 0 saturated heterocycles. The normalized spacial score (nSPS) is 20.0. The molecule has 2 heterocycles. The average molecular weight is 759 g/mol. The van der Waals surface area contributed by atoms with Crippen LogP contribution in [0.4, 0.5) is 11.4 Å². The number of nitrogens with zero attached hydrogens (tertiary/aromatic N) is 3. The molecule has 0 amide bonds. The number of benzene rings is 3. The fraction of sp³-hybridized carbons (Fsp3) is 0.429. The molecule has 0 saturated carbocycles. The first-order valence-corrected chi connectivity index (χ1v) is 20.9. The molecule has 3 aromatic carbocycles. The van der Waals surface area contributed by atoms with Crippen LogP contribution in [0.15, 0.2) is 81.6 Å². The Kier molecular flexibility index (Phi) is 13.2. The number of hydrazone groups is 1. The van der Waals surface area contributed by atoms with Crippen LogP contribution in [0.3, 0.4) is 0 Å². The minimum absolute atomic E-state index is 0.170. The van der Waals surface area contributed by atoms with Gasteiger partial charge < -0.3 is 25.7 Å². The highest BCUT2D eigenvalue weighted by Gasteiger charge is 2.34. The standard InChI is InChI=1S/C35H42N4O7S4/c36-16-25-2-4-26(5-3-25)31-15-32(39(38-31)28-7-9-29(10-8-28)50(44,45)46)27-6-11-30-33(14-27)49-24-35(20-42,21-43)23-48-13-1-12-47-22-34(18-40,19-41)17-37-30/h2-11,14,32,37,40-43H,1,12-13,15,17-24H2,(H,44,45,46)/t32-/m1/s1. The van der Waals surface area contributed by atoms with Crippen molar-refractivity contribution in [3.8, 4) is 6.07 Å². The molecule has 5 rings (SSSR count). The molecule has 268 valence electrons. The largest absolute Gasteiger partial charge is 0.396 e. The second-order valence-electron chi connectivity index (χ2n) is 12.8. The lowest BCUT2D eigenvalue weighted by atomic mass is 9.92. The van der Waals surface area contributed by atoms with E-state index in [9.17, 15) is 38.7 Å². The number of aliphatic hydroxyl groups excluding tert-OH is 4. The molecule has 15 heteroatoms. The number of hydrogen-bond donors (Lipinski definition) is 6. The van der Waals surface area contributed by atoms with Gasteiger partial charge in [0.25, 0.3) is 10.1 Å². The summed E-state index contributed by atoms with van der Waals surface area (Å²) >= 11 is 4.92. The van der Waals surface area contributed by atoms with Crippen molar-refractivity contribution in [1.29, 1.82) is 5.26 Å². The summed E-state index contributed by atoms with van der Waals surface area (Å²) in [6, 6.07) is 20.8. The van der Waals surface area contributed by atoms with Gasteiger partial charge in [0.05, 0.1) is 60.4 Å². The van der Waals surface area contributed by atoms with Crippen LogP contribution in [0.5, 0.6) is 0 Å². The predicted octanol–water partition coefficient (Wildman–Crippen LogP) is 4.48. The second kappa shape index (κ2) is 17.2. The quantitative estimate of drug-likeness (QED) is 0.177. The van der Waals surface area contributed by atoms with Crippen molar-refractivity contribution in [2.45, 2.75) is 28.7 Å². The molecule has 0 bridgehead atoms. The molecule has 0 aliphatic carbocycles. The van der Waals surface area contributed by atoms with Crippen LogP contribution < -0.4 is 10.3 Å². The zero-order valence-electron chi connectivity index (χ0n) is 27.4. The van der Waals surface area contributed by atoms with Crippen LogP contribution in [0, 0.1) is 22.2 Å². The number of nitriles is 1. The first-order chi connectivity index (χ1) is 24.1. The number of aliphatic hydroxyl groups is 4. The van der Waals surface area contributed by atoms with Crippen LogP contribution >= 0.6 is 35.3 Å². The fourth-order valence-corrected chi connectivity index (χ4v) is 10.1. The monoisotopic (exact) mass is 758 g/mol. The highest BCUT2D eigenvalue weighted by atomic mass is 32.2. The Hall–Kier alpha value is -2.78. The molecule has 1 atom stereocenters. The van der Waals surface area contributed by atoms with Crippen molar-refractivity contribution >= 4 is 62.5 Å². The number of rotatable bonds is 8. The average Bonchev–Trinajstić information content (AvgIpc) is 3.59. The van der Waals surface area contributed by atoms with E-state index in [0.717, 1.165) is 45.3 Å². The van der Waals surface area contributed by atoms with Gasteiger partial charge in [-0.1, -0.05) is 18.2 Å². The summed E-state index contributed by atoms with van der Waals surface area (Å²) < 4.78 is 33.1. The Morgan fingerprint density at radius 1 is 0.880 bits per heavy atom. The van der Waals surface area contributed by atoms with Crippen LogP contribution in [0.2, 0.25) is 0 Å². The summed E-state index contributed by atoms with van der Waals surface area (Å²) in [6.45, 7) is -0.367. The van der Waals surface area contributed by atoms with Crippen molar-refractivity contribution in [2.75, 3.05) is 72.1 Å². The molecular weight excluding hydrogens is 717 g/mol. The summed E-state index contributed by atoms with van der Waals surface area (Å²) in [7, 11) is -4.39. The van der Waals surface area contributed by atoms with Gasteiger partial charge in [-0.2, -0.15) is 42.3 Å². The van der Waals surface area contributed by atoms with E-state index in [1.807, 2.05) is 35.3 Å². The molecule has 11 nitrogen and oxygen atoms in total. The van der Waals surface area contributed by atoms with Crippen LogP contribution in [-0.4, -0.2) is 101 Å². The van der Waals surface area contributed by atoms with Crippen molar-refractivity contribution in [1.82, 2.24) is 0 Å². The third-order valence-corrected chi connectivity index (χ3v) is 14.0. The minimum Gasteiger partial charge on any atom is -0.396 e. The van der Waals surface area contributed by atoms with Gasteiger partial charge in [-0.25, -0.2) is 0 Å². The topological polar surface area (TPSA) is 187 Å². The highest BCUT2D eigenvalue weighted by Crippen LogP contribution is 2.42. The highest BCUT2D eigenvalue weighted by molar-refractivity contribution is 8.00. The number of hydrogen-bond acceptors (Lipinski definition) is 13. The molecule has 2 aliphatic rings. The minimum atomic E-state index is -4.39. The van der Waals surface area contributed by atoms with Gasteiger partial charge in [0.2, 0.25) is 0 Å². The van der Waals surface area contributed by atoms with Gasteiger partial charge in [0.15, 0.2) is 0 Å². The number of thioether (sulfide) groups is 3. The molecule has 0 radical (unpaired) electrons. The molecule has 0 spiro atoms. The van der Waals surface area contributed by atoms with Crippen molar-refractivity contribution in [3.63, 3.8) is 0 Å². The Morgan fingerprint density at radius 3 is 2.12 bits per heavy atom. The van der Waals surface area contributed by atoms with Gasteiger partial charge in [0, 0.05) is 51.6 Å². The van der Waals surface area contributed by atoms with Crippen molar-refractivity contribution in [2.24, 2.45) is 15.9 Å². The van der Waals surface area contributed by atoms with E-state index in [-0.39, 0.29) is 37.4 Å². The van der Waals surface area contributed by atoms with E-state index in [2.05, 4.69) is 11.4 Å². The van der Waals surface area contributed by atoms with Gasteiger partial charge in [-0.15, -0.1) is 11.8 Å². The van der Waals surface area contributed by atoms with Crippen LogP contribution in [0.25, 0.3) is 0 Å². The summed E-state index contributed by atoms with van der Waals surface area (Å²) in [5.41, 5.74) is 2.99. The lowest BCUT2D eigenvalue weighted by Gasteiger charge is -2.31. The van der Waals surface area contributed by atoms with Gasteiger partial charge >= 0.3 is 0 Å². The van der Waals surface area contributed by atoms with E-state index >= 15 is 0 Å². The Bertz CT molecular complexity index is 1780. The molecular formula is C35H42N4O7S4. The molecule has 0 fully saturated rings. The summed E-state index contributed by atoms with van der Waals surface area (Å²) in [6.07, 6.45) is 1.42. The maximum absolute atomic E-state index is 11.8. The lowest BCUT2D eigenvalue weighted by molar-refractivity contribution is 0.0845. The van der Waals surface area contributed by atoms with Crippen molar-refractivity contribution in [3.05, 3.63) is 83.4 Å². The predicted molar refractivity (Wildman–Crippen MR) is 202 cm³/mol. The zero-order chi connectivity index (χ0) is 35.8. The fourth-order valence-electron chi connectivity index (χ4n) is 5.63. The summed E-state index contributed by atoms with van der Waals surface area (Å²) in [5, 5.41) is 61.1. The van der Waals surface area contributed by atoms with Gasteiger partial charge in [-0.05, 0) is 77.6 Å². The molecule has 0 aromatic heterocycles. The van der Waals surface area contributed by atoms with E-state index in [4.69, 9.17) is 5.10 Å². The van der Waals surface area contributed by atoms with E-state index in [1.54, 1.807) is 47.8 Å². The molecule has 50 heavy (non-hydrogen) atoms. The Balaban J connectivity index is 1.54. The van der Waals surface area contributed by atoms with Crippen LogP contribution in [-0.2, 0) is 10.1 Å². The Morgan fingerprint density at radius 2 is 1.52 bits per heavy atom. The zero-order valence-corrected chi connectivity index (χ0v) is 30.7. The molecule has 0 unspecified atom stereocenters.